The minimum Gasteiger partial charge on any atom is -0.436 e. The van der Waals surface area contributed by atoms with E-state index in [2.05, 4.69) is 143 Å². The molecule has 0 N–H and O–H groups in total. The van der Waals surface area contributed by atoms with E-state index in [1.807, 2.05) is 133 Å². The largest absolute Gasteiger partial charge is 0.436 e. The number of hydrogen-bond donors (Lipinski definition) is 0. The first-order valence-electron chi connectivity index (χ1n) is 28.3. The Kier molecular flexibility index (Phi) is 11.2. The molecule has 402 valence electrons. The Balaban J connectivity index is 0.699. The topological polar surface area (TPSA) is 139 Å². The maximum Gasteiger partial charge on any atom is 0.238 e. The number of benzene rings is 11. The van der Waals surface area contributed by atoms with E-state index < -0.39 is 0 Å². The molecule has 11 aromatic carbocycles. The van der Waals surface area contributed by atoms with Gasteiger partial charge in [-0.25, -0.2) is 29.9 Å². The number of hydrogen-bond acceptors (Lipinski definition) is 10. The van der Waals surface area contributed by atoms with Gasteiger partial charge in [-0.3, -0.25) is 4.57 Å². The van der Waals surface area contributed by atoms with Gasteiger partial charge in [0.15, 0.2) is 40.3 Å². The lowest BCUT2D eigenvalue weighted by molar-refractivity contribution is 0.619. The van der Waals surface area contributed by atoms with Crippen molar-refractivity contribution in [2.24, 2.45) is 0 Å². The molecule has 0 bridgehead atoms. The minimum atomic E-state index is 0.515. The molecular weight excluding hydrogens is 1060 g/mol. The summed E-state index contributed by atoms with van der Waals surface area (Å²) in [6, 6.07) is 90.3. The van der Waals surface area contributed by atoms with Gasteiger partial charge in [-0.1, -0.05) is 176 Å². The van der Waals surface area contributed by atoms with Crippen molar-refractivity contribution in [3.05, 3.63) is 267 Å². The van der Waals surface area contributed by atoms with Crippen LogP contribution in [0, 0.1) is 0 Å². The number of para-hydroxylation sites is 5. The van der Waals surface area contributed by atoms with E-state index in [0.29, 0.717) is 52.4 Å². The highest BCUT2D eigenvalue weighted by Gasteiger charge is 2.22. The fraction of sp³-hybridized carbons (Fsp3) is 0. The van der Waals surface area contributed by atoms with Crippen molar-refractivity contribution in [1.82, 2.24) is 49.0 Å². The first kappa shape index (κ1) is 48.7. The van der Waals surface area contributed by atoms with Gasteiger partial charge in [-0.15, -0.1) is 0 Å². The third-order valence-electron chi connectivity index (χ3n) is 15.9. The molecule has 0 aliphatic carbocycles. The van der Waals surface area contributed by atoms with Gasteiger partial charge in [0.25, 0.3) is 0 Å². The van der Waals surface area contributed by atoms with Crippen LogP contribution in [0.4, 0.5) is 0 Å². The van der Waals surface area contributed by atoms with Crippen molar-refractivity contribution in [3.8, 4) is 103 Å². The van der Waals surface area contributed by atoms with Crippen LogP contribution in [0.25, 0.3) is 168 Å². The summed E-state index contributed by atoms with van der Waals surface area (Å²) < 4.78 is 17.2. The summed E-state index contributed by atoms with van der Waals surface area (Å²) in [5.74, 6) is 4.53. The molecule has 0 aliphatic heterocycles. The quantitative estimate of drug-likeness (QED) is 0.130. The molecule has 0 amide bonds. The van der Waals surface area contributed by atoms with E-state index >= 15 is 0 Å². The number of fused-ring (bicyclic) bond motifs is 8. The molecule has 0 unspecified atom stereocenters. The van der Waals surface area contributed by atoms with Gasteiger partial charge >= 0.3 is 0 Å². The van der Waals surface area contributed by atoms with Gasteiger partial charge in [-0.05, 0) is 96.6 Å². The Morgan fingerprint density at radius 2 is 0.663 bits per heavy atom. The molecule has 17 rings (SSSR count). The highest BCUT2D eigenvalue weighted by Crippen LogP contribution is 2.40. The predicted molar refractivity (Wildman–Crippen MR) is 341 cm³/mol. The third kappa shape index (κ3) is 8.30. The van der Waals surface area contributed by atoms with E-state index in [0.717, 1.165) is 116 Å². The number of nitrogens with zero attached hydrogens (tertiary/aromatic N) is 10. The average molecular weight is 1110 g/mol. The number of oxazole rings is 2. The smallest absolute Gasteiger partial charge is 0.238 e. The molecule has 86 heavy (non-hydrogen) atoms. The number of aromatic nitrogens is 10. The van der Waals surface area contributed by atoms with Crippen LogP contribution < -0.4 is 0 Å². The van der Waals surface area contributed by atoms with Crippen LogP contribution >= 0.6 is 0 Å². The minimum absolute atomic E-state index is 0.515. The normalized spacial score (nSPS) is 11.7. The SMILES string of the molecule is c1ccc(-c2nc(-c3ccc(-c4cccc5oc(-c6ccc7c(c6)c6ccccc6n7-c6nc(-c7ccccc7)nc(-c7ccccc7)n6)nc45)cc3)nc(-c3ccc(-n4c5ccccc5c5cc(-c6nc7ccccc7o6)ccc54)cc3)n2)cc1. The molecule has 6 heterocycles. The molecule has 0 radical (unpaired) electrons. The Hall–Kier alpha value is -12.0. The Morgan fingerprint density at radius 1 is 0.256 bits per heavy atom. The molecular formula is C74H44N10O2. The maximum atomic E-state index is 6.61. The third-order valence-corrected chi connectivity index (χ3v) is 15.9. The Bertz CT molecular complexity index is 5370. The van der Waals surface area contributed by atoms with Crippen LogP contribution in [-0.4, -0.2) is 49.0 Å². The zero-order chi connectivity index (χ0) is 56.7. The van der Waals surface area contributed by atoms with Crippen molar-refractivity contribution in [2.45, 2.75) is 0 Å². The van der Waals surface area contributed by atoms with Gasteiger partial charge in [0.1, 0.15) is 11.0 Å². The first-order valence-corrected chi connectivity index (χ1v) is 28.3. The summed E-state index contributed by atoms with van der Waals surface area (Å²) in [7, 11) is 0. The van der Waals surface area contributed by atoms with Crippen molar-refractivity contribution in [3.63, 3.8) is 0 Å². The highest BCUT2D eigenvalue weighted by atomic mass is 16.4. The first-order chi connectivity index (χ1) is 42.6. The van der Waals surface area contributed by atoms with E-state index in [4.69, 9.17) is 48.7 Å². The lowest BCUT2D eigenvalue weighted by Crippen LogP contribution is -2.06. The lowest BCUT2D eigenvalue weighted by Gasteiger charge is -2.11. The predicted octanol–water partition coefficient (Wildman–Crippen LogP) is 17.9. The molecule has 0 aliphatic rings. The van der Waals surface area contributed by atoms with Crippen LogP contribution in [0.3, 0.4) is 0 Å². The summed E-state index contributed by atoms with van der Waals surface area (Å²) in [6.45, 7) is 0. The molecule has 6 aromatic heterocycles. The summed E-state index contributed by atoms with van der Waals surface area (Å²) in [5.41, 5.74) is 16.2. The molecule has 12 heteroatoms. The molecule has 12 nitrogen and oxygen atoms in total. The summed E-state index contributed by atoms with van der Waals surface area (Å²) in [6.07, 6.45) is 0. The average Bonchev–Trinajstić information content (AvgIpc) is 1.97. The molecule has 0 saturated carbocycles. The molecule has 0 fully saturated rings. The fourth-order valence-electron chi connectivity index (χ4n) is 11.8. The van der Waals surface area contributed by atoms with Crippen molar-refractivity contribution >= 4 is 65.8 Å². The van der Waals surface area contributed by atoms with Crippen molar-refractivity contribution in [1.29, 1.82) is 0 Å². The number of rotatable bonds is 10. The van der Waals surface area contributed by atoms with Gasteiger partial charge in [0.2, 0.25) is 17.7 Å². The van der Waals surface area contributed by atoms with Crippen molar-refractivity contribution < 1.29 is 8.83 Å². The second kappa shape index (κ2) is 19.9. The molecule has 0 atom stereocenters. The summed E-state index contributed by atoms with van der Waals surface area (Å²) in [4.78, 5) is 40.5. The van der Waals surface area contributed by atoms with Gasteiger partial charge in [0, 0.05) is 71.7 Å². The zero-order valence-corrected chi connectivity index (χ0v) is 45.7. The van der Waals surface area contributed by atoms with Crippen LogP contribution in [0.5, 0.6) is 0 Å². The Morgan fingerprint density at radius 3 is 1.23 bits per heavy atom. The lowest BCUT2D eigenvalue weighted by atomic mass is 10.0. The van der Waals surface area contributed by atoms with E-state index in [9.17, 15) is 0 Å². The highest BCUT2D eigenvalue weighted by molar-refractivity contribution is 6.11. The van der Waals surface area contributed by atoms with Crippen LogP contribution in [0.15, 0.2) is 276 Å². The summed E-state index contributed by atoms with van der Waals surface area (Å²) >= 11 is 0. The van der Waals surface area contributed by atoms with Crippen molar-refractivity contribution in [2.75, 3.05) is 0 Å². The Labute approximate surface area is 490 Å². The molecule has 0 spiro atoms. The second-order valence-electron chi connectivity index (χ2n) is 21.1. The van der Waals surface area contributed by atoms with E-state index in [-0.39, 0.29) is 0 Å². The second-order valence-corrected chi connectivity index (χ2v) is 21.1. The van der Waals surface area contributed by atoms with Gasteiger partial charge in [0.05, 0.1) is 22.1 Å². The van der Waals surface area contributed by atoms with Crippen LogP contribution in [0.2, 0.25) is 0 Å². The maximum absolute atomic E-state index is 6.61. The van der Waals surface area contributed by atoms with Crippen LogP contribution in [-0.2, 0) is 0 Å². The molecule has 17 aromatic rings. The zero-order valence-electron chi connectivity index (χ0n) is 45.7. The monoisotopic (exact) mass is 1100 g/mol. The van der Waals surface area contributed by atoms with Gasteiger partial charge < -0.3 is 13.4 Å². The fourth-order valence-corrected chi connectivity index (χ4v) is 11.8. The summed E-state index contributed by atoms with van der Waals surface area (Å²) in [5, 5.41) is 4.31. The van der Waals surface area contributed by atoms with Crippen LogP contribution in [0.1, 0.15) is 0 Å². The van der Waals surface area contributed by atoms with E-state index in [1.165, 1.54) is 0 Å². The van der Waals surface area contributed by atoms with Gasteiger partial charge in [-0.2, -0.15) is 9.97 Å². The molecule has 0 saturated heterocycles. The van der Waals surface area contributed by atoms with E-state index in [1.54, 1.807) is 0 Å². The standard InChI is InChI=1S/C74H44N10O2/c1-4-17-46(18-5-1)67-77-68(79-69(78-67)50-35-39-53(40-36-50)83-60-27-13-10-23-55(60)57-43-51(37-41-62(57)83)72-75-59-26-12-15-29-64(59)85-72)49-33-31-45(32-34-49)54-25-16-30-65-66(54)76-73(86-65)52-38-42-63-58(44-52)56-24-11-14-28-61(56)84(63)74-81-70(47-19-6-2-7-20-47)80-71(82-74)48-21-8-3-9-22-48/h1-44H.